The van der Waals surface area contributed by atoms with Crippen LogP contribution in [-0.2, 0) is 0 Å². The Morgan fingerprint density at radius 3 is 1.61 bits per heavy atom. The summed E-state index contributed by atoms with van der Waals surface area (Å²) in [4.78, 5) is 15.8. The molecule has 2 aromatic heterocycles. The van der Waals surface area contributed by atoms with Gasteiger partial charge in [-0.05, 0) is 62.0 Å². The summed E-state index contributed by atoms with van der Waals surface area (Å²) >= 11 is 1.79. The molecule has 0 aliphatic rings. The lowest BCUT2D eigenvalue weighted by Gasteiger charge is -2.14. The van der Waals surface area contributed by atoms with Gasteiger partial charge in [-0.3, -0.25) is 0 Å². The minimum absolute atomic E-state index is 0.642. The highest BCUT2D eigenvalue weighted by Crippen LogP contribution is 2.41. The lowest BCUT2D eigenvalue weighted by Crippen LogP contribution is -2.01. The lowest BCUT2D eigenvalue weighted by atomic mass is 9.94. The van der Waals surface area contributed by atoms with Gasteiger partial charge in [0, 0.05) is 36.9 Å². The predicted octanol–water partition coefficient (Wildman–Crippen LogP) is 12.9. The summed E-state index contributed by atoms with van der Waals surface area (Å²) in [7, 11) is 0. The van der Waals surface area contributed by atoms with Crippen molar-refractivity contribution in [1.82, 2.24) is 15.0 Å². The standard InChI is InChI=1S/C47H29N3S/c1-3-19-34-30(13-1)15-10-24-36(34)32-17-9-18-33(29-32)45-48-46(41-23-6-5-21-38(41)37-25-11-16-31-14-2-4-20-35(31)37)50-47(49-45)42-27-12-26-40-39-22-7-8-28-43(39)51-44(40)42/h1-29H. The molecule has 0 aliphatic carbocycles. The third kappa shape index (κ3) is 5.08. The van der Waals surface area contributed by atoms with E-state index in [2.05, 4.69) is 176 Å². The normalized spacial score (nSPS) is 11.5. The number of fused-ring (bicyclic) bond motifs is 5. The lowest BCUT2D eigenvalue weighted by molar-refractivity contribution is 1.08. The van der Waals surface area contributed by atoms with Crippen LogP contribution in [-0.4, -0.2) is 15.0 Å². The second-order valence-electron chi connectivity index (χ2n) is 12.8. The van der Waals surface area contributed by atoms with Gasteiger partial charge in [-0.15, -0.1) is 11.3 Å². The third-order valence-electron chi connectivity index (χ3n) is 9.75. The molecule has 0 radical (unpaired) electrons. The van der Waals surface area contributed by atoms with Crippen molar-refractivity contribution in [1.29, 1.82) is 0 Å². The van der Waals surface area contributed by atoms with Gasteiger partial charge in [0.05, 0.1) is 0 Å². The molecule has 0 bridgehead atoms. The Morgan fingerprint density at radius 2 is 0.804 bits per heavy atom. The summed E-state index contributed by atoms with van der Waals surface area (Å²) in [6.45, 7) is 0. The first-order valence-electron chi connectivity index (χ1n) is 17.1. The molecule has 0 spiro atoms. The zero-order valence-corrected chi connectivity index (χ0v) is 28.3. The fourth-order valence-electron chi connectivity index (χ4n) is 7.35. The Morgan fingerprint density at radius 1 is 0.314 bits per heavy atom. The van der Waals surface area contributed by atoms with E-state index in [-0.39, 0.29) is 0 Å². The maximum Gasteiger partial charge on any atom is 0.165 e. The summed E-state index contributed by atoms with van der Waals surface area (Å²) in [5.74, 6) is 1.95. The van der Waals surface area contributed by atoms with Gasteiger partial charge < -0.3 is 0 Å². The van der Waals surface area contributed by atoms with Crippen LogP contribution >= 0.6 is 11.3 Å². The van der Waals surface area contributed by atoms with Crippen molar-refractivity contribution < 1.29 is 0 Å². The molecule has 0 saturated carbocycles. The summed E-state index contributed by atoms with van der Waals surface area (Å²) < 4.78 is 2.42. The third-order valence-corrected chi connectivity index (χ3v) is 11.0. The van der Waals surface area contributed by atoms with E-state index in [4.69, 9.17) is 15.0 Å². The van der Waals surface area contributed by atoms with E-state index in [9.17, 15) is 0 Å². The molecule has 0 amide bonds. The van der Waals surface area contributed by atoms with Crippen molar-refractivity contribution in [2.24, 2.45) is 0 Å². The second-order valence-corrected chi connectivity index (χ2v) is 13.8. The second kappa shape index (κ2) is 12.1. The van der Waals surface area contributed by atoms with Crippen LogP contribution in [0.3, 0.4) is 0 Å². The monoisotopic (exact) mass is 667 g/mol. The predicted molar refractivity (Wildman–Crippen MR) is 215 cm³/mol. The van der Waals surface area contributed by atoms with E-state index in [0.717, 1.165) is 33.4 Å². The van der Waals surface area contributed by atoms with Crippen LogP contribution in [0.15, 0.2) is 176 Å². The Balaban J connectivity index is 1.22. The maximum absolute atomic E-state index is 5.29. The topological polar surface area (TPSA) is 38.7 Å². The highest BCUT2D eigenvalue weighted by atomic mass is 32.1. The van der Waals surface area contributed by atoms with Gasteiger partial charge in [0.1, 0.15) is 0 Å². The number of thiophene rings is 1. The highest BCUT2D eigenvalue weighted by Gasteiger charge is 2.19. The van der Waals surface area contributed by atoms with E-state index in [1.807, 2.05) is 0 Å². The minimum Gasteiger partial charge on any atom is -0.208 e. The van der Waals surface area contributed by atoms with Crippen LogP contribution in [0.25, 0.3) is 98.1 Å². The van der Waals surface area contributed by atoms with Crippen molar-refractivity contribution in [3.8, 4) is 56.4 Å². The zero-order chi connectivity index (χ0) is 33.7. The van der Waals surface area contributed by atoms with Crippen LogP contribution in [0.5, 0.6) is 0 Å². The molecule has 8 aromatic carbocycles. The van der Waals surface area contributed by atoms with Crippen LogP contribution in [0.1, 0.15) is 0 Å². The number of hydrogen-bond donors (Lipinski definition) is 0. The van der Waals surface area contributed by atoms with Crippen molar-refractivity contribution in [2.75, 3.05) is 0 Å². The van der Waals surface area contributed by atoms with Crippen LogP contribution < -0.4 is 0 Å². The molecule has 10 rings (SSSR count). The molecule has 0 unspecified atom stereocenters. The molecule has 238 valence electrons. The van der Waals surface area contributed by atoms with E-state index < -0.39 is 0 Å². The van der Waals surface area contributed by atoms with E-state index in [1.165, 1.54) is 47.3 Å². The zero-order valence-electron chi connectivity index (χ0n) is 27.5. The van der Waals surface area contributed by atoms with Crippen LogP contribution in [0, 0.1) is 0 Å². The number of aromatic nitrogens is 3. The molecule has 51 heavy (non-hydrogen) atoms. The Bertz CT molecular complexity index is 2930. The Kier molecular flexibility index (Phi) is 7.00. The minimum atomic E-state index is 0.642. The molecule has 0 saturated heterocycles. The molecule has 2 heterocycles. The van der Waals surface area contributed by atoms with Gasteiger partial charge in [-0.1, -0.05) is 158 Å². The van der Waals surface area contributed by atoms with Gasteiger partial charge in [0.25, 0.3) is 0 Å². The van der Waals surface area contributed by atoms with Gasteiger partial charge in [0.2, 0.25) is 0 Å². The molecular weight excluding hydrogens is 639 g/mol. The summed E-state index contributed by atoms with van der Waals surface area (Å²) in [5, 5.41) is 7.29. The fourth-order valence-corrected chi connectivity index (χ4v) is 8.56. The van der Waals surface area contributed by atoms with Crippen molar-refractivity contribution >= 4 is 53.1 Å². The van der Waals surface area contributed by atoms with Gasteiger partial charge in [-0.2, -0.15) is 0 Å². The molecule has 0 N–H and O–H groups in total. The van der Waals surface area contributed by atoms with E-state index >= 15 is 0 Å². The first kappa shape index (κ1) is 29.4. The summed E-state index contributed by atoms with van der Waals surface area (Å²) in [6.07, 6.45) is 0. The number of rotatable bonds is 5. The Labute approximate surface area is 299 Å². The number of nitrogens with zero attached hydrogens (tertiary/aromatic N) is 3. The molecule has 3 nitrogen and oxygen atoms in total. The molecule has 0 atom stereocenters. The average Bonchev–Trinajstić information content (AvgIpc) is 3.59. The van der Waals surface area contributed by atoms with E-state index in [0.29, 0.717) is 17.5 Å². The molecule has 10 aromatic rings. The van der Waals surface area contributed by atoms with Crippen LogP contribution in [0.4, 0.5) is 0 Å². The van der Waals surface area contributed by atoms with Crippen molar-refractivity contribution in [3.63, 3.8) is 0 Å². The van der Waals surface area contributed by atoms with Gasteiger partial charge in [0.15, 0.2) is 17.5 Å². The summed E-state index contributed by atoms with van der Waals surface area (Å²) in [5.41, 5.74) is 7.45. The first-order valence-corrected chi connectivity index (χ1v) is 17.9. The van der Waals surface area contributed by atoms with E-state index in [1.54, 1.807) is 11.3 Å². The fraction of sp³-hybridized carbons (Fsp3) is 0. The summed E-state index contributed by atoms with van der Waals surface area (Å²) in [6, 6.07) is 62.1. The molecular formula is C47H29N3S. The first-order chi connectivity index (χ1) is 25.3. The maximum atomic E-state index is 5.29. The average molecular weight is 668 g/mol. The van der Waals surface area contributed by atoms with Gasteiger partial charge in [-0.25, -0.2) is 15.0 Å². The Hall–Kier alpha value is -6.49. The largest absolute Gasteiger partial charge is 0.208 e. The van der Waals surface area contributed by atoms with Crippen LogP contribution in [0.2, 0.25) is 0 Å². The SMILES string of the molecule is c1cc(-c2nc(-c3ccccc3-c3cccc4ccccc34)nc(-c3cccc4c3sc3ccccc34)n2)cc(-c2cccc3ccccc23)c1. The number of hydrogen-bond acceptors (Lipinski definition) is 4. The molecule has 0 fully saturated rings. The van der Waals surface area contributed by atoms with Crippen molar-refractivity contribution in [3.05, 3.63) is 176 Å². The quantitative estimate of drug-likeness (QED) is 0.183. The highest BCUT2D eigenvalue weighted by molar-refractivity contribution is 7.26. The van der Waals surface area contributed by atoms with Crippen molar-refractivity contribution in [2.45, 2.75) is 0 Å². The smallest absolute Gasteiger partial charge is 0.165 e. The molecule has 4 heteroatoms. The number of benzene rings is 8. The van der Waals surface area contributed by atoms with Gasteiger partial charge >= 0.3 is 0 Å². The molecule has 0 aliphatic heterocycles.